The molecule has 0 spiro atoms. The van der Waals surface area contributed by atoms with Gasteiger partial charge in [-0.05, 0) is 44.3 Å². The topological polar surface area (TPSA) is 29.1 Å². The van der Waals surface area contributed by atoms with Crippen molar-refractivity contribution in [3.05, 3.63) is 48.0 Å². The lowest BCUT2D eigenvalue weighted by Crippen LogP contribution is -2.27. The molecule has 2 rings (SSSR count). The van der Waals surface area contributed by atoms with Crippen LogP contribution < -0.4 is 5.32 Å². The lowest BCUT2D eigenvalue weighted by Gasteiger charge is -2.23. The molecular weight excluding hydrogens is 258 g/mol. The highest BCUT2D eigenvalue weighted by atomic mass is 35.5. The van der Waals surface area contributed by atoms with Crippen LogP contribution >= 0.6 is 12.4 Å². The van der Waals surface area contributed by atoms with Crippen molar-refractivity contribution in [1.29, 1.82) is 0 Å². The first-order valence-electron chi connectivity index (χ1n) is 6.76. The molecular formula is C16H22ClNO. The SMILES string of the molecule is C=CCCNCCC1CCc2ccccc2C1=O.Cl. The van der Waals surface area contributed by atoms with Crippen molar-refractivity contribution >= 4 is 18.2 Å². The highest BCUT2D eigenvalue weighted by Gasteiger charge is 2.26. The molecule has 0 aliphatic heterocycles. The van der Waals surface area contributed by atoms with Crippen molar-refractivity contribution in [2.45, 2.75) is 25.7 Å². The molecule has 0 radical (unpaired) electrons. The van der Waals surface area contributed by atoms with Crippen LogP contribution in [0, 0.1) is 5.92 Å². The Morgan fingerprint density at radius 3 is 2.89 bits per heavy atom. The number of rotatable bonds is 6. The van der Waals surface area contributed by atoms with E-state index in [4.69, 9.17) is 0 Å². The zero-order chi connectivity index (χ0) is 12.8. The maximum Gasteiger partial charge on any atom is 0.166 e. The predicted octanol–water partition coefficient (Wildman–Crippen LogP) is 3.41. The number of nitrogens with one attached hydrogen (secondary N) is 1. The number of ketones is 1. The van der Waals surface area contributed by atoms with E-state index in [2.05, 4.69) is 18.0 Å². The highest BCUT2D eigenvalue weighted by molar-refractivity contribution is 6.00. The van der Waals surface area contributed by atoms with Crippen LogP contribution in [0.1, 0.15) is 35.2 Å². The molecule has 2 nitrogen and oxygen atoms in total. The first kappa shape index (κ1) is 15.9. The first-order valence-corrected chi connectivity index (χ1v) is 6.76. The number of carbonyl (C=O) groups excluding carboxylic acids is 1. The molecule has 1 aliphatic carbocycles. The van der Waals surface area contributed by atoms with E-state index in [1.165, 1.54) is 5.56 Å². The van der Waals surface area contributed by atoms with Crippen molar-refractivity contribution in [1.82, 2.24) is 5.32 Å². The van der Waals surface area contributed by atoms with E-state index in [1.54, 1.807) is 0 Å². The molecule has 1 atom stereocenters. The third-order valence-corrected chi connectivity index (χ3v) is 3.61. The third-order valence-electron chi connectivity index (χ3n) is 3.61. The van der Waals surface area contributed by atoms with Gasteiger partial charge in [0.1, 0.15) is 0 Å². The first-order chi connectivity index (χ1) is 8.83. The maximum atomic E-state index is 12.3. The second-order valence-electron chi connectivity index (χ2n) is 4.87. The Morgan fingerprint density at radius 1 is 1.32 bits per heavy atom. The van der Waals surface area contributed by atoms with Crippen LogP contribution in [0.15, 0.2) is 36.9 Å². The summed E-state index contributed by atoms with van der Waals surface area (Å²) in [6.45, 7) is 5.57. The molecule has 1 unspecified atom stereocenters. The number of halogens is 1. The van der Waals surface area contributed by atoms with Crippen molar-refractivity contribution in [2.24, 2.45) is 5.92 Å². The molecule has 1 aliphatic rings. The molecule has 19 heavy (non-hydrogen) atoms. The molecule has 0 fully saturated rings. The predicted molar refractivity (Wildman–Crippen MR) is 82.1 cm³/mol. The van der Waals surface area contributed by atoms with E-state index in [1.807, 2.05) is 24.3 Å². The Morgan fingerprint density at radius 2 is 2.11 bits per heavy atom. The Hall–Kier alpha value is -1.12. The van der Waals surface area contributed by atoms with Crippen LogP contribution in [0.25, 0.3) is 0 Å². The Balaban J connectivity index is 0.00000180. The Kier molecular flexibility index (Phi) is 6.82. The van der Waals surface area contributed by atoms with E-state index in [9.17, 15) is 4.79 Å². The molecule has 0 heterocycles. The van der Waals surface area contributed by atoms with E-state index >= 15 is 0 Å². The van der Waals surface area contributed by atoms with Crippen molar-refractivity contribution < 1.29 is 4.79 Å². The van der Waals surface area contributed by atoms with Gasteiger partial charge < -0.3 is 5.32 Å². The summed E-state index contributed by atoms with van der Waals surface area (Å²) in [5, 5.41) is 3.35. The fourth-order valence-electron chi connectivity index (χ4n) is 2.54. The van der Waals surface area contributed by atoms with Gasteiger partial charge in [0, 0.05) is 11.5 Å². The van der Waals surface area contributed by atoms with Crippen molar-refractivity contribution in [2.75, 3.05) is 13.1 Å². The molecule has 3 heteroatoms. The maximum absolute atomic E-state index is 12.3. The monoisotopic (exact) mass is 279 g/mol. The Bertz CT molecular complexity index is 431. The highest BCUT2D eigenvalue weighted by Crippen LogP contribution is 2.27. The lowest BCUT2D eigenvalue weighted by molar-refractivity contribution is 0.0895. The second-order valence-corrected chi connectivity index (χ2v) is 4.87. The van der Waals surface area contributed by atoms with Gasteiger partial charge >= 0.3 is 0 Å². The summed E-state index contributed by atoms with van der Waals surface area (Å²) in [5.74, 6) is 0.540. The molecule has 1 N–H and O–H groups in total. The molecule has 0 aromatic heterocycles. The summed E-state index contributed by atoms with van der Waals surface area (Å²) in [4.78, 5) is 12.3. The molecule has 0 bridgehead atoms. The summed E-state index contributed by atoms with van der Waals surface area (Å²) in [6, 6.07) is 8.02. The summed E-state index contributed by atoms with van der Waals surface area (Å²) < 4.78 is 0. The number of hydrogen-bond acceptors (Lipinski definition) is 2. The fraction of sp³-hybridized carbons (Fsp3) is 0.438. The van der Waals surface area contributed by atoms with Gasteiger partial charge in [0.25, 0.3) is 0 Å². The van der Waals surface area contributed by atoms with Crippen LogP contribution in [0.2, 0.25) is 0 Å². The van der Waals surface area contributed by atoms with E-state index in [-0.39, 0.29) is 18.3 Å². The van der Waals surface area contributed by atoms with E-state index in [0.29, 0.717) is 5.78 Å². The number of Topliss-reactive ketones (excluding diaryl/α,β-unsaturated/α-hetero) is 1. The van der Waals surface area contributed by atoms with Crippen LogP contribution in [0.4, 0.5) is 0 Å². The molecule has 1 aromatic carbocycles. The van der Waals surface area contributed by atoms with Gasteiger partial charge in [0.15, 0.2) is 5.78 Å². The average molecular weight is 280 g/mol. The number of hydrogen-bond donors (Lipinski definition) is 1. The zero-order valence-corrected chi connectivity index (χ0v) is 12.0. The second kappa shape index (κ2) is 8.13. The van der Waals surface area contributed by atoms with Gasteiger partial charge in [-0.3, -0.25) is 4.79 Å². The number of aryl methyl sites for hydroxylation is 1. The minimum absolute atomic E-state index is 0. The number of benzene rings is 1. The summed E-state index contributed by atoms with van der Waals surface area (Å²) in [7, 11) is 0. The van der Waals surface area contributed by atoms with Gasteiger partial charge in [0.2, 0.25) is 0 Å². The van der Waals surface area contributed by atoms with Crippen molar-refractivity contribution in [3.63, 3.8) is 0 Å². The standard InChI is InChI=1S/C16H21NO.ClH/c1-2-3-11-17-12-10-14-9-8-13-6-4-5-7-15(13)16(14)18;/h2,4-7,14,17H,1,3,8-12H2;1H. The number of fused-ring (bicyclic) bond motifs is 1. The normalized spacial score (nSPS) is 17.5. The van der Waals surface area contributed by atoms with Gasteiger partial charge in [-0.15, -0.1) is 19.0 Å². The minimum atomic E-state index is 0. The van der Waals surface area contributed by atoms with E-state index < -0.39 is 0 Å². The van der Waals surface area contributed by atoms with Gasteiger partial charge in [-0.1, -0.05) is 30.3 Å². The van der Waals surface area contributed by atoms with Crippen LogP contribution in [-0.2, 0) is 6.42 Å². The molecule has 0 saturated heterocycles. The van der Waals surface area contributed by atoms with Gasteiger partial charge in [-0.25, -0.2) is 0 Å². The Labute approximate surface area is 121 Å². The molecule has 0 amide bonds. The van der Waals surface area contributed by atoms with Crippen LogP contribution in [0.5, 0.6) is 0 Å². The third kappa shape index (κ3) is 4.19. The molecule has 0 saturated carbocycles. The average Bonchev–Trinajstić information content (AvgIpc) is 2.41. The van der Waals surface area contributed by atoms with Crippen LogP contribution in [-0.4, -0.2) is 18.9 Å². The smallest absolute Gasteiger partial charge is 0.166 e. The number of carbonyl (C=O) groups is 1. The minimum Gasteiger partial charge on any atom is -0.316 e. The molecule has 1 aromatic rings. The van der Waals surface area contributed by atoms with Crippen LogP contribution in [0.3, 0.4) is 0 Å². The quantitative estimate of drug-likeness (QED) is 0.639. The summed E-state index contributed by atoms with van der Waals surface area (Å²) in [5.41, 5.74) is 2.17. The fourth-order valence-corrected chi connectivity index (χ4v) is 2.54. The van der Waals surface area contributed by atoms with Gasteiger partial charge in [0.05, 0.1) is 0 Å². The molecule has 104 valence electrons. The largest absolute Gasteiger partial charge is 0.316 e. The summed E-state index contributed by atoms with van der Waals surface area (Å²) in [6.07, 6.45) is 5.89. The van der Waals surface area contributed by atoms with Gasteiger partial charge in [-0.2, -0.15) is 0 Å². The van der Waals surface area contributed by atoms with E-state index in [0.717, 1.165) is 44.3 Å². The lowest BCUT2D eigenvalue weighted by atomic mass is 9.81. The van der Waals surface area contributed by atoms with Crippen molar-refractivity contribution in [3.8, 4) is 0 Å². The summed E-state index contributed by atoms with van der Waals surface area (Å²) >= 11 is 0. The zero-order valence-electron chi connectivity index (χ0n) is 11.2.